The highest BCUT2D eigenvalue weighted by Gasteiger charge is 2.33. The molecule has 1 fully saturated rings. The molecule has 23 heavy (non-hydrogen) atoms. The molecule has 1 aliphatic carbocycles. The van der Waals surface area contributed by atoms with Gasteiger partial charge in [0.1, 0.15) is 11.6 Å². The number of para-hydroxylation sites is 1. The number of esters is 1. The number of hydrogen-bond acceptors (Lipinski definition) is 4. The smallest absolute Gasteiger partial charge is 0.309 e. The Balaban J connectivity index is 1.52. The molecule has 1 heterocycles. The molecule has 1 aromatic carbocycles. The highest BCUT2D eigenvalue weighted by molar-refractivity contribution is 7.18. The third-order valence-electron chi connectivity index (χ3n) is 4.96. The van der Waals surface area contributed by atoms with E-state index in [2.05, 4.69) is 25.8 Å². The van der Waals surface area contributed by atoms with Crippen molar-refractivity contribution in [3.8, 4) is 0 Å². The van der Waals surface area contributed by atoms with Gasteiger partial charge in [-0.05, 0) is 49.1 Å². The number of fused-ring (bicyclic) bond motifs is 1. The van der Waals surface area contributed by atoms with Crippen LogP contribution in [0.15, 0.2) is 24.3 Å². The van der Waals surface area contributed by atoms with Gasteiger partial charge in [0, 0.05) is 0 Å². The van der Waals surface area contributed by atoms with Crippen LogP contribution in [0.2, 0.25) is 0 Å². The summed E-state index contributed by atoms with van der Waals surface area (Å²) in [6.45, 7) is 7.19. The third kappa shape index (κ3) is 3.92. The maximum atomic E-state index is 12.3. The monoisotopic (exact) mass is 331 g/mol. The zero-order valence-corrected chi connectivity index (χ0v) is 15.0. The van der Waals surface area contributed by atoms with Gasteiger partial charge in [0.25, 0.3) is 0 Å². The van der Waals surface area contributed by atoms with Crippen molar-refractivity contribution >= 4 is 27.5 Å². The topological polar surface area (TPSA) is 39.2 Å². The van der Waals surface area contributed by atoms with Gasteiger partial charge in [0.2, 0.25) is 0 Å². The van der Waals surface area contributed by atoms with Crippen molar-refractivity contribution in [2.45, 2.75) is 53.1 Å². The number of rotatable bonds is 3. The Bertz CT molecular complexity index is 645. The van der Waals surface area contributed by atoms with Crippen molar-refractivity contribution in [1.82, 2.24) is 4.98 Å². The SMILES string of the molecule is CC(C)(C)C1CCC(C(=O)OCc2nc3ccccc3s2)CC1. The van der Waals surface area contributed by atoms with E-state index in [-0.39, 0.29) is 11.9 Å². The molecule has 1 saturated carbocycles. The fourth-order valence-corrected chi connectivity index (χ4v) is 4.31. The Hall–Kier alpha value is -1.42. The molecule has 0 radical (unpaired) electrons. The highest BCUT2D eigenvalue weighted by Crippen LogP contribution is 2.40. The molecule has 0 N–H and O–H groups in total. The molecule has 0 aliphatic heterocycles. The van der Waals surface area contributed by atoms with Gasteiger partial charge in [0.05, 0.1) is 16.1 Å². The van der Waals surface area contributed by atoms with Crippen molar-refractivity contribution in [2.75, 3.05) is 0 Å². The lowest BCUT2D eigenvalue weighted by Crippen LogP contribution is -2.29. The van der Waals surface area contributed by atoms with Gasteiger partial charge in [0.15, 0.2) is 0 Å². The molecule has 3 nitrogen and oxygen atoms in total. The summed E-state index contributed by atoms with van der Waals surface area (Å²) in [5.74, 6) is 0.746. The van der Waals surface area contributed by atoms with Gasteiger partial charge in [-0.3, -0.25) is 4.79 Å². The lowest BCUT2D eigenvalue weighted by Gasteiger charge is -2.36. The van der Waals surface area contributed by atoms with Crippen LogP contribution >= 0.6 is 11.3 Å². The van der Waals surface area contributed by atoms with Crippen molar-refractivity contribution in [3.05, 3.63) is 29.3 Å². The summed E-state index contributed by atoms with van der Waals surface area (Å²) < 4.78 is 6.67. The van der Waals surface area contributed by atoms with E-state index in [1.165, 1.54) is 0 Å². The lowest BCUT2D eigenvalue weighted by molar-refractivity contribution is -0.151. The first-order valence-corrected chi connectivity index (χ1v) is 9.26. The Morgan fingerprint density at radius 1 is 1.22 bits per heavy atom. The quantitative estimate of drug-likeness (QED) is 0.726. The zero-order valence-electron chi connectivity index (χ0n) is 14.2. The van der Waals surface area contributed by atoms with Crippen LogP contribution in [0.25, 0.3) is 10.2 Å². The number of carbonyl (C=O) groups is 1. The number of carbonyl (C=O) groups excluding carboxylic acids is 1. The number of ether oxygens (including phenoxy) is 1. The van der Waals surface area contributed by atoms with Crippen LogP contribution in [0.4, 0.5) is 0 Å². The summed E-state index contributed by atoms with van der Waals surface area (Å²) in [5.41, 5.74) is 1.32. The molecular weight excluding hydrogens is 306 g/mol. The van der Waals surface area contributed by atoms with Gasteiger partial charge in [-0.2, -0.15) is 0 Å². The third-order valence-corrected chi connectivity index (χ3v) is 5.97. The molecule has 1 aromatic heterocycles. The number of hydrogen-bond donors (Lipinski definition) is 0. The Morgan fingerprint density at radius 2 is 1.91 bits per heavy atom. The predicted molar refractivity (Wildman–Crippen MR) is 94.3 cm³/mol. The minimum Gasteiger partial charge on any atom is -0.458 e. The average molecular weight is 331 g/mol. The Kier molecular flexibility index (Phi) is 4.72. The molecule has 0 amide bonds. The van der Waals surface area contributed by atoms with E-state index in [1.54, 1.807) is 11.3 Å². The minimum atomic E-state index is -0.0448. The lowest BCUT2D eigenvalue weighted by atomic mass is 9.70. The number of aromatic nitrogens is 1. The molecule has 4 heteroatoms. The highest BCUT2D eigenvalue weighted by atomic mass is 32.1. The van der Waals surface area contributed by atoms with Crippen molar-refractivity contribution in [3.63, 3.8) is 0 Å². The first kappa shape index (κ1) is 16.4. The molecule has 1 aliphatic rings. The standard InChI is InChI=1S/C19H25NO2S/c1-19(2,3)14-10-8-13(9-11-14)18(21)22-12-17-20-15-6-4-5-7-16(15)23-17/h4-7,13-14H,8-12H2,1-3H3. The van der Waals surface area contributed by atoms with E-state index in [1.807, 2.05) is 24.3 Å². The summed E-state index contributed by atoms with van der Waals surface area (Å²) >= 11 is 1.60. The van der Waals surface area contributed by atoms with Crippen LogP contribution in [-0.2, 0) is 16.1 Å². The predicted octanol–water partition coefficient (Wildman–Crippen LogP) is 5.19. The minimum absolute atomic E-state index is 0.0448. The molecule has 0 unspecified atom stereocenters. The van der Waals surface area contributed by atoms with E-state index in [0.29, 0.717) is 12.0 Å². The van der Waals surface area contributed by atoms with Gasteiger partial charge < -0.3 is 4.74 Å². The molecule has 0 spiro atoms. The summed E-state index contributed by atoms with van der Waals surface area (Å²) in [4.78, 5) is 16.8. The van der Waals surface area contributed by atoms with Crippen LogP contribution in [0.5, 0.6) is 0 Å². The van der Waals surface area contributed by atoms with Crippen LogP contribution in [-0.4, -0.2) is 11.0 Å². The van der Waals surface area contributed by atoms with E-state index >= 15 is 0 Å². The molecule has 0 saturated heterocycles. The maximum absolute atomic E-state index is 12.3. The zero-order chi connectivity index (χ0) is 16.4. The molecule has 0 bridgehead atoms. The van der Waals surface area contributed by atoms with Crippen molar-refractivity contribution < 1.29 is 9.53 Å². The van der Waals surface area contributed by atoms with Crippen molar-refractivity contribution in [1.29, 1.82) is 0 Å². The van der Waals surface area contributed by atoms with E-state index in [4.69, 9.17) is 4.74 Å². The second-order valence-electron chi connectivity index (χ2n) is 7.60. The van der Waals surface area contributed by atoms with Gasteiger partial charge in [-0.25, -0.2) is 4.98 Å². The normalized spacial score (nSPS) is 22.2. The molecule has 124 valence electrons. The number of nitrogens with zero attached hydrogens (tertiary/aromatic N) is 1. The second-order valence-corrected chi connectivity index (χ2v) is 8.71. The number of thiazole rings is 1. The second kappa shape index (κ2) is 6.60. The summed E-state index contributed by atoms with van der Waals surface area (Å²) in [6.07, 6.45) is 4.18. The average Bonchev–Trinajstić information content (AvgIpc) is 2.95. The van der Waals surface area contributed by atoms with E-state index in [0.717, 1.165) is 46.8 Å². The first-order valence-electron chi connectivity index (χ1n) is 8.44. The van der Waals surface area contributed by atoms with Gasteiger partial charge >= 0.3 is 5.97 Å². The largest absolute Gasteiger partial charge is 0.458 e. The molecule has 3 rings (SSSR count). The molecule has 0 atom stereocenters. The van der Waals surface area contributed by atoms with E-state index in [9.17, 15) is 4.79 Å². The Labute approximate surface area is 142 Å². The Morgan fingerprint density at radius 3 is 2.57 bits per heavy atom. The van der Waals surface area contributed by atoms with Crippen molar-refractivity contribution in [2.24, 2.45) is 17.3 Å². The number of benzene rings is 1. The summed E-state index contributed by atoms with van der Waals surface area (Å²) in [6, 6.07) is 8.02. The van der Waals surface area contributed by atoms with E-state index < -0.39 is 0 Å². The van der Waals surface area contributed by atoms with Crippen LogP contribution in [0.1, 0.15) is 51.5 Å². The first-order chi connectivity index (χ1) is 10.9. The maximum Gasteiger partial charge on any atom is 0.309 e. The molecule has 2 aromatic rings. The fourth-order valence-electron chi connectivity index (χ4n) is 3.43. The van der Waals surface area contributed by atoms with Crippen LogP contribution in [0, 0.1) is 17.3 Å². The molecular formula is C19H25NO2S. The van der Waals surface area contributed by atoms with Crippen LogP contribution < -0.4 is 0 Å². The summed E-state index contributed by atoms with van der Waals surface area (Å²) in [5, 5.41) is 0.878. The fraction of sp³-hybridized carbons (Fsp3) is 0.579. The van der Waals surface area contributed by atoms with Crippen LogP contribution in [0.3, 0.4) is 0 Å². The van der Waals surface area contributed by atoms with Gasteiger partial charge in [-0.1, -0.05) is 32.9 Å². The summed E-state index contributed by atoms with van der Waals surface area (Å²) in [7, 11) is 0. The van der Waals surface area contributed by atoms with Gasteiger partial charge in [-0.15, -0.1) is 11.3 Å².